The fourth-order valence-electron chi connectivity index (χ4n) is 0.805. The van der Waals surface area contributed by atoms with E-state index in [9.17, 15) is 0 Å². The third-order valence-corrected chi connectivity index (χ3v) is 2.03. The second kappa shape index (κ2) is 2.80. The summed E-state index contributed by atoms with van der Waals surface area (Å²) in [6, 6.07) is 5.80. The molecular weight excluding hydrogens is 156 g/mol. The molecule has 0 aliphatic carbocycles. The third-order valence-electron chi connectivity index (χ3n) is 1.29. The zero-order chi connectivity index (χ0) is 7.52. The van der Waals surface area contributed by atoms with Crippen LogP contribution in [0.2, 0.25) is 0 Å². The minimum Gasteiger partial charge on any atom is -0.255 e. The summed E-state index contributed by atoms with van der Waals surface area (Å²) in [4.78, 5) is 9.00. The number of aromatic nitrogens is 2. The van der Waals surface area contributed by atoms with Crippen molar-refractivity contribution < 1.29 is 0 Å². The normalized spacial score (nSPS) is 9.82. The molecule has 53 valence electrons. The summed E-state index contributed by atoms with van der Waals surface area (Å²) in [5, 5.41) is 0. The van der Waals surface area contributed by atoms with Crippen LogP contribution in [0.25, 0.3) is 10.6 Å². The number of thiazole rings is 1. The highest BCUT2D eigenvalue weighted by molar-refractivity contribution is 7.13. The summed E-state index contributed by atoms with van der Waals surface area (Å²) in [5.74, 6) is 0. The smallest absolute Gasteiger partial charge is 0.111 e. The lowest BCUT2D eigenvalue weighted by Gasteiger charge is -1.90. The highest BCUT2D eigenvalue weighted by Gasteiger charge is 1.97. The Morgan fingerprint density at radius 1 is 1.36 bits per heavy atom. The summed E-state index contributed by atoms with van der Waals surface area (Å²) in [6.07, 6.45) is 4.63. The third kappa shape index (κ3) is 1.28. The van der Waals surface area contributed by atoms with E-state index in [-0.39, 0.29) is 0 Å². The Morgan fingerprint density at radius 3 is 3.00 bits per heavy atom. The molecule has 2 nitrogen and oxygen atoms in total. The first-order valence-corrected chi connectivity index (χ1v) is 4.07. The maximum Gasteiger partial charge on any atom is 0.111 e. The highest BCUT2D eigenvalue weighted by Crippen LogP contribution is 2.18. The van der Waals surface area contributed by atoms with Crippen LogP contribution in [0.15, 0.2) is 29.9 Å². The van der Waals surface area contributed by atoms with E-state index in [0.29, 0.717) is 0 Å². The molecule has 0 saturated heterocycles. The SMILES string of the molecule is [c]1ncsc1-c1ccccn1. The molecule has 0 N–H and O–H groups in total. The monoisotopic (exact) mass is 161 g/mol. The Morgan fingerprint density at radius 2 is 2.36 bits per heavy atom. The zero-order valence-corrected chi connectivity index (χ0v) is 6.51. The van der Waals surface area contributed by atoms with Crippen molar-refractivity contribution in [2.75, 3.05) is 0 Å². The Labute approximate surface area is 68.6 Å². The fourth-order valence-corrected chi connectivity index (χ4v) is 1.36. The molecule has 11 heavy (non-hydrogen) atoms. The average molecular weight is 161 g/mol. The molecule has 0 aliphatic rings. The van der Waals surface area contributed by atoms with Crippen molar-refractivity contribution in [3.8, 4) is 10.6 Å². The molecule has 0 aromatic carbocycles. The van der Waals surface area contributed by atoms with Crippen LogP contribution in [0.3, 0.4) is 0 Å². The van der Waals surface area contributed by atoms with Crippen LogP contribution >= 0.6 is 11.3 Å². The van der Waals surface area contributed by atoms with Gasteiger partial charge in [-0.3, -0.25) is 4.98 Å². The molecular formula is C8H5N2S. The maximum absolute atomic E-state index is 4.16. The van der Waals surface area contributed by atoms with Crippen LogP contribution in [0.5, 0.6) is 0 Å². The highest BCUT2D eigenvalue weighted by atomic mass is 32.1. The Hall–Kier alpha value is -1.22. The first-order chi connectivity index (χ1) is 5.47. The van der Waals surface area contributed by atoms with Crippen LogP contribution in [-0.2, 0) is 0 Å². The van der Waals surface area contributed by atoms with Gasteiger partial charge in [-0.2, -0.15) is 0 Å². The average Bonchev–Trinajstić information content (AvgIpc) is 2.58. The van der Waals surface area contributed by atoms with E-state index >= 15 is 0 Å². The number of pyridine rings is 1. The van der Waals surface area contributed by atoms with E-state index in [1.807, 2.05) is 18.2 Å². The molecule has 0 aliphatic heterocycles. The van der Waals surface area contributed by atoms with Gasteiger partial charge >= 0.3 is 0 Å². The van der Waals surface area contributed by atoms with Crippen LogP contribution < -0.4 is 0 Å². The van der Waals surface area contributed by atoms with Gasteiger partial charge in [-0.25, -0.2) is 4.98 Å². The molecule has 2 rings (SSSR count). The molecule has 0 spiro atoms. The zero-order valence-electron chi connectivity index (χ0n) is 5.69. The number of hydrogen-bond donors (Lipinski definition) is 0. The predicted molar refractivity (Wildman–Crippen MR) is 44.2 cm³/mol. The van der Waals surface area contributed by atoms with Crippen molar-refractivity contribution in [2.24, 2.45) is 0 Å². The van der Waals surface area contributed by atoms with Crippen molar-refractivity contribution in [1.82, 2.24) is 9.97 Å². The summed E-state index contributed by atoms with van der Waals surface area (Å²) in [6.45, 7) is 0. The van der Waals surface area contributed by atoms with Crippen molar-refractivity contribution in [2.45, 2.75) is 0 Å². The Balaban J connectivity index is 2.46. The molecule has 0 saturated carbocycles. The molecule has 1 radical (unpaired) electrons. The molecule has 0 unspecified atom stereocenters. The lowest BCUT2D eigenvalue weighted by Crippen LogP contribution is -1.75. The van der Waals surface area contributed by atoms with Gasteiger partial charge in [0.2, 0.25) is 0 Å². The van der Waals surface area contributed by atoms with Crippen molar-refractivity contribution in [1.29, 1.82) is 0 Å². The molecule has 0 amide bonds. The van der Waals surface area contributed by atoms with E-state index in [1.165, 1.54) is 0 Å². The molecule has 0 bridgehead atoms. The van der Waals surface area contributed by atoms with Crippen molar-refractivity contribution in [3.63, 3.8) is 0 Å². The van der Waals surface area contributed by atoms with E-state index < -0.39 is 0 Å². The number of hydrogen-bond acceptors (Lipinski definition) is 3. The first-order valence-electron chi connectivity index (χ1n) is 3.19. The summed E-state index contributed by atoms with van der Waals surface area (Å²) in [5.41, 5.74) is 2.69. The first kappa shape index (κ1) is 6.49. The molecule has 2 aromatic rings. The van der Waals surface area contributed by atoms with Gasteiger partial charge in [0.25, 0.3) is 0 Å². The van der Waals surface area contributed by atoms with Gasteiger partial charge < -0.3 is 0 Å². The van der Waals surface area contributed by atoms with Crippen molar-refractivity contribution >= 4 is 11.3 Å². The summed E-state index contributed by atoms with van der Waals surface area (Å²) in [7, 11) is 0. The van der Waals surface area contributed by atoms with E-state index in [1.54, 1.807) is 23.0 Å². The molecule has 0 fully saturated rings. The van der Waals surface area contributed by atoms with Crippen molar-refractivity contribution in [3.05, 3.63) is 36.1 Å². The van der Waals surface area contributed by atoms with Gasteiger partial charge in [-0.1, -0.05) is 6.07 Å². The lowest BCUT2D eigenvalue weighted by atomic mass is 10.3. The number of nitrogens with zero attached hydrogens (tertiary/aromatic N) is 2. The molecule has 3 heteroatoms. The molecule has 0 atom stereocenters. The van der Waals surface area contributed by atoms with Crippen LogP contribution in [0.1, 0.15) is 0 Å². The van der Waals surface area contributed by atoms with Gasteiger partial charge in [0.15, 0.2) is 0 Å². The Kier molecular flexibility index (Phi) is 1.65. The predicted octanol–water partition coefficient (Wildman–Crippen LogP) is 2.01. The topological polar surface area (TPSA) is 25.8 Å². The largest absolute Gasteiger partial charge is 0.255 e. The van der Waals surface area contributed by atoms with Gasteiger partial charge in [0.1, 0.15) is 6.20 Å². The maximum atomic E-state index is 4.16. The van der Waals surface area contributed by atoms with Gasteiger partial charge in [0.05, 0.1) is 16.1 Å². The van der Waals surface area contributed by atoms with E-state index in [4.69, 9.17) is 0 Å². The minimum absolute atomic E-state index is 0.940. The second-order valence-corrected chi connectivity index (χ2v) is 2.86. The van der Waals surface area contributed by atoms with E-state index in [0.717, 1.165) is 10.6 Å². The molecule has 2 aromatic heterocycles. The van der Waals surface area contributed by atoms with E-state index in [2.05, 4.69) is 16.2 Å². The van der Waals surface area contributed by atoms with Crippen LogP contribution in [0.4, 0.5) is 0 Å². The lowest BCUT2D eigenvalue weighted by molar-refractivity contribution is 1.32. The molecule has 2 heterocycles. The quantitative estimate of drug-likeness (QED) is 0.639. The Bertz CT molecular complexity index is 315. The second-order valence-electron chi connectivity index (χ2n) is 2.01. The summed E-state index contributed by atoms with van der Waals surface area (Å²) < 4.78 is 0. The van der Waals surface area contributed by atoms with Crippen LogP contribution in [-0.4, -0.2) is 9.97 Å². The number of rotatable bonds is 1. The standard InChI is InChI=1S/C8H5N2S/c1-2-4-10-7(3-1)8-5-9-6-11-8/h1-4,6H. The minimum atomic E-state index is 0.940. The fraction of sp³-hybridized carbons (Fsp3) is 0. The van der Waals surface area contributed by atoms with Gasteiger partial charge in [0, 0.05) is 6.20 Å². The van der Waals surface area contributed by atoms with Gasteiger partial charge in [-0.05, 0) is 12.1 Å². The van der Waals surface area contributed by atoms with Gasteiger partial charge in [-0.15, -0.1) is 11.3 Å². The summed E-state index contributed by atoms with van der Waals surface area (Å²) >= 11 is 1.55. The van der Waals surface area contributed by atoms with Crippen LogP contribution in [0, 0.1) is 6.20 Å².